The number of benzene rings is 3. The van der Waals surface area contributed by atoms with E-state index in [0.29, 0.717) is 0 Å². The summed E-state index contributed by atoms with van der Waals surface area (Å²) in [6.07, 6.45) is 2.17. The normalized spacial score (nSPS) is 15.0. The molecule has 2 heteroatoms. The standard InChI is InChI=1S/C23H16N2/c1-3-10-18-16(8-1)17-9-2-4-11-19(17)23(18)22-14-7-15-25(22)21-13-6-5-12-20(21)24-23/h1-15,24H. The average Bonchev–Trinajstić information content (AvgIpc) is 3.27. The van der Waals surface area contributed by atoms with E-state index in [2.05, 4.69) is 101 Å². The fourth-order valence-electron chi connectivity index (χ4n) is 4.60. The second-order valence-electron chi connectivity index (χ2n) is 6.75. The molecule has 0 radical (unpaired) electrons. The predicted molar refractivity (Wildman–Crippen MR) is 101 cm³/mol. The number of nitrogens with one attached hydrogen (secondary N) is 1. The molecule has 0 atom stereocenters. The Morgan fingerprint density at radius 1 is 0.640 bits per heavy atom. The Morgan fingerprint density at radius 2 is 1.28 bits per heavy atom. The van der Waals surface area contributed by atoms with Gasteiger partial charge in [0.15, 0.2) is 0 Å². The van der Waals surface area contributed by atoms with Crippen molar-refractivity contribution >= 4 is 5.69 Å². The van der Waals surface area contributed by atoms with Gasteiger partial charge in [-0.2, -0.15) is 0 Å². The molecule has 0 fully saturated rings. The number of hydrogen-bond acceptors (Lipinski definition) is 1. The SMILES string of the molecule is c1ccc2c(c1)NC1(c3ccccc3-c3ccccc31)c1cccn1-2. The Bertz CT molecular complexity index is 1090. The lowest BCUT2D eigenvalue weighted by Gasteiger charge is -2.40. The molecule has 0 amide bonds. The van der Waals surface area contributed by atoms with E-state index in [1.807, 2.05) is 0 Å². The molecule has 0 bridgehead atoms. The fourth-order valence-corrected chi connectivity index (χ4v) is 4.60. The lowest BCUT2D eigenvalue weighted by molar-refractivity contribution is 0.662. The zero-order valence-electron chi connectivity index (χ0n) is 13.6. The van der Waals surface area contributed by atoms with E-state index < -0.39 is 0 Å². The van der Waals surface area contributed by atoms with Gasteiger partial charge in [-0.1, -0.05) is 60.7 Å². The lowest BCUT2D eigenvalue weighted by Crippen LogP contribution is -2.41. The van der Waals surface area contributed by atoms with Crippen LogP contribution in [0.1, 0.15) is 16.8 Å². The summed E-state index contributed by atoms with van der Waals surface area (Å²) in [6, 6.07) is 30.4. The first-order chi connectivity index (χ1) is 12.4. The number of hydrogen-bond donors (Lipinski definition) is 1. The van der Waals surface area contributed by atoms with Crippen LogP contribution in [-0.2, 0) is 5.54 Å². The average molecular weight is 320 g/mol. The fraction of sp³-hybridized carbons (Fsp3) is 0.0435. The number of aromatic nitrogens is 1. The number of anilines is 1. The zero-order chi connectivity index (χ0) is 16.4. The summed E-state index contributed by atoms with van der Waals surface area (Å²) >= 11 is 0. The van der Waals surface area contributed by atoms with Crippen molar-refractivity contribution in [2.75, 3.05) is 5.32 Å². The van der Waals surface area contributed by atoms with Crippen LogP contribution in [0.2, 0.25) is 0 Å². The molecule has 2 heterocycles. The highest BCUT2D eigenvalue weighted by atomic mass is 15.1. The minimum atomic E-state index is -0.342. The van der Waals surface area contributed by atoms with Gasteiger partial charge in [-0.15, -0.1) is 0 Å². The third-order valence-electron chi connectivity index (χ3n) is 5.57. The summed E-state index contributed by atoms with van der Waals surface area (Å²) in [6.45, 7) is 0. The Labute approximate surface area is 146 Å². The van der Waals surface area contributed by atoms with E-state index in [-0.39, 0.29) is 5.54 Å². The molecule has 0 unspecified atom stereocenters. The summed E-state index contributed by atoms with van der Waals surface area (Å²) in [5, 5.41) is 3.91. The molecular weight excluding hydrogens is 304 g/mol. The van der Waals surface area contributed by atoms with Crippen molar-refractivity contribution in [3.63, 3.8) is 0 Å². The second kappa shape index (κ2) is 4.42. The van der Waals surface area contributed by atoms with Crippen LogP contribution in [0.4, 0.5) is 5.69 Å². The van der Waals surface area contributed by atoms with E-state index in [0.717, 1.165) is 5.69 Å². The zero-order valence-corrected chi connectivity index (χ0v) is 13.6. The third-order valence-corrected chi connectivity index (χ3v) is 5.57. The number of nitrogens with zero attached hydrogens (tertiary/aromatic N) is 1. The molecule has 0 saturated carbocycles. The lowest BCUT2D eigenvalue weighted by atomic mass is 9.82. The Morgan fingerprint density at radius 3 is 2.04 bits per heavy atom. The van der Waals surface area contributed by atoms with Crippen LogP contribution >= 0.6 is 0 Å². The van der Waals surface area contributed by atoms with E-state index in [9.17, 15) is 0 Å². The molecule has 1 N–H and O–H groups in total. The second-order valence-corrected chi connectivity index (χ2v) is 6.75. The van der Waals surface area contributed by atoms with Gasteiger partial charge >= 0.3 is 0 Å². The molecule has 1 aliphatic heterocycles. The first-order valence-corrected chi connectivity index (χ1v) is 8.64. The van der Waals surface area contributed by atoms with Crippen LogP contribution in [0.25, 0.3) is 16.8 Å². The van der Waals surface area contributed by atoms with E-state index in [1.165, 1.54) is 33.6 Å². The van der Waals surface area contributed by atoms with Gasteiger partial charge in [0, 0.05) is 6.20 Å². The highest BCUT2D eigenvalue weighted by Crippen LogP contribution is 2.54. The van der Waals surface area contributed by atoms with Crippen LogP contribution < -0.4 is 5.32 Å². The highest BCUT2D eigenvalue weighted by molar-refractivity contribution is 5.87. The molecule has 2 nitrogen and oxygen atoms in total. The van der Waals surface area contributed by atoms with Crippen molar-refractivity contribution in [2.45, 2.75) is 5.54 Å². The maximum absolute atomic E-state index is 3.91. The number of para-hydroxylation sites is 2. The van der Waals surface area contributed by atoms with Gasteiger partial charge in [0.05, 0.1) is 17.1 Å². The molecule has 1 spiro atoms. The maximum atomic E-state index is 3.91. The summed E-state index contributed by atoms with van der Waals surface area (Å²) in [5.41, 5.74) is 8.58. The molecule has 1 aromatic heterocycles. The largest absolute Gasteiger partial charge is 0.365 e. The van der Waals surface area contributed by atoms with Crippen LogP contribution in [0, 0.1) is 0 Å². The van der Waals surface area contributed by atoms with Crippen LogP contribution in [0.5, 0.6) is 0 Å². The monoisotopic (exact) mass is 320 g/mol. The maximum Gasteiger partial charge on any atom is 0.131 e. The minimum Gasteiger partial charge on any atom is -0.365 e. The Hall–Kier alpha value is -3.26. The van der Waals surface area contributed by atoms with Crippen molar-refractivity contribution < 1.29 is 0 Å². The summed E-state index contributed by atoms with van der Waals surface area (Å²) in [7, 11) is 0. The highest BCUT2D eigenvalue weighted by Gasteiger charge is 2.48. The number of fused-ring (bicyclic) bond motifs is 9. The van der Waals surface area contributed by atoms with Crippen molar-refractivity contribution in [3.8, 4) is 16.8 Å². The van der Waals surface area contributed by atoms with Crippen LogP contribution in [0.15, 0.2) is 91.1 Å². The summed E-state index contributed by atoms with van der Waals surface area (Å²) < 4.78 is 2.32. The van der Waals surface area contributed by atoms with Gasteiger partial charge in [-0.25, -0.2) is 0 Å². The topological polar surface area (TPSA) is 17.0 Å². The first kappa shape index (κ1) is 13.1. The predicted octanol–water partition coefficient (Wildman–Crippen LogP) is 5.18. The van der Waals surface area contributed by atoms with E-state index in [1.54, 1.807) is 0 Å². The van der Waals surface area contributed by atoms with Crippen molar-refractivity contribution in [1.82, 2.24) is 4.57 Å². The van der Waals surface area contributed by atoms with Crippen molar-refractivity contribution in [2.24, 2.45) is 0 Å². The Kier molecular flexibility index (Phi) is 2.31. The third kappa shape index (κ3) is 1.46. The molecule has 4 aromatic rings. The smallest absolute Gasteiger partial charge is 0.131 e. The molecular formula is C23H16N2. The molecule has 118 valence electrons. The van der Waals surface area contributed by atoms with Gasteiger partial charge in [-0.05, 0) is 46.5 Å². The van der Waals surface area contributed by atoms with E-state index >= 15 is 0 Å². The summed E-state index contributed by atoms with van der Waals surface area (Å²) in [4.78, 5) is 0. The molecule has 3 aromatic carbocycles. The van der Waals surface area contributed by atoms with E-state index in [4.69, 9.17) is 0 Å². The molecule has 2 aliphatic rings. The van der Waals surface area contributed by atoms with Gasteiger partial charge < -0.3 is 9.88 Å². The van der Waals surface area contributed by atoms with Crippen molar-refractivity contribution in [1.29, 1.82) is 0 Å². The van der Waals surface area contributed by atoms with Crippen LogP contribution in [-0.4, -0.2) is 4.57 Å². The quantitative estimate of drug-likeness (QED) is 0.473. The molecule has 1 aliphatic carbocycles. The minimum absolute atomic E-state index is 0.342. The number of rotatable bonds is 0. The van der Waals surface area contributed by atoms with Gasteiger partial charge in [-0.3, -0.25) is 0 Å². The molecule has 0 saturated heterocycles. The molecule has 25 heavy (non-hydrogen) atoms. The Balaban J connectivity index is 1.78. The summed E-state index contributed by atoms with van der Waals surface area (Å²) in [5.74, 6) is 0. The van der Waals surface area contributed by atoms with Crippen LogP contribution in [0.3, 0.4) is 0 Å². The molecule has 6 rings (SSSR count). The van der Waals surface area contributed by atoms with Gasteiger partial charge in [0.2, 0.25) is 0 Å². The van der Waals surface area contributed by atoms with Gasteiger partial charge in [0.25, 0.3) is 0 Å². The van der Waals surface area contributed by atoms with Gasteiger partial charge in [0.1, 0.15) is 5.54 Å². The van der Waals surface area contributed by atoms with Crippen molar-refractivity contribution in [3.05, 3.63) is 108 Å². The first-order valence-electron chi connectivity index (χ1n) is 8.64.